The Balaban J connectivity index is 1.37. The molecule has 1 amide bonds. The number of hydrogen-bond donors (Lipinski definition) is 2. The number of aliphatic hydroxyl groups is 1. The summed E-state index contributed by atoms with van der Waals surface area (Å²) in [5, 5.41) is 11.7. The molecule has 7 heteroatoms. The van der Waals surface area contributed by atoms with Crippen LogP contribution in [0.25, 0.3) is 0 Å². The summed E-state index contributed by atoms with van der Waals surface area (Å²) >= 11 is 0. The van der Waals surface area contributed by atoms with Gasteiger partial charge in [-0.25, -0.2) is 8.78 Å². The number of rotatable bonds is 7. The average Bonchev–Trinajstić information content (AvgIpc) is 2.73. The molecule has 0 atom stereocenters. The fourth-order valence-corrected chi connectivity index (χ4v) is 4.56. The Bertz CT molecular complexity index is 712. The third kappa shape index (κ3) is 6.06. The van der Waals surface area contributed by atoms with Gasteiger partial charge in [0.05, 0.1) is 5.56 Å². The lowest BCUT2D eigenvalue weighted by Crippen LogP contribution is -2.40. The molecular weight excluding hydrogens is 378 g/mol. The Morgan fingerprint density at radius 3 is 2.38 bits per heavy atom. The van der Waals surface area contributed by atoms with Gasteiger partial charge >= 0.3 is 0 Å². The van der Waals surface area contributed by atoms with Crippen molar-refractivity contribution in [2.45, 2.75) is 51.0 Å². The number of ketones is 1. The minimum absolute atomic E-state index is 0.00472. The second kappa shape index (κ2) is 10.3. The third-order valence-corrected chi connectivity index (χ3v) is 6.36. The zero-order valence-electron chi connectivity index (χ0n) is 16.7. The number of amides is 1. The first-order chi connectivity index (χ1) is 14.0. The molecule has 1 aliphatic carbocycles. The lowest BCUT2D eigenvalue weighted by Gasteiger charge is -2.34. The van der Waals surface area contributed by atoms with Gasteiger partial charge in [-0.2, -0.15) is 0 Å². The molecule has 1 aromatic carbocycles. The van der Waals surface area contributed by atoms with Crippen molar-refractivity contribution < 1.29 is 23.5 Å². The van der Waals surface area contributed by atoms with E-state index in [0.717, 1.165) is 63.9 Å². The number of benzene rings is 1. The molecule has 29 heavy (non-hydrogen) atoms. The van der Waals surface area contributed by atoms with Crippen LogP contribution in [0, 0.1) is 23.5 Å². The van der Waals surface area contributed by atoms with Gasteiger partial charge in [-0.05, 0) is 82.6 Å². The second-order valence-electron chi connectivity index (χ2n) is 8.34. The third-order valence-electron chi connectivity index (χ3n) is 6.36. The summed E-state index contributed by atoms with van der Waals surface area (Å²) in [5.74, 6) is -1.51. The minimum Gasteiger partial charge on any atom is -0.387 e. The van der Waals surface area contributed by atoms with Gasteiger partial charge in [0.2, 0.25) is 5.91 Å². The molecule has 160 valence electrons. The van der Waals surface area contributed by atoms with Gasteiger partial charge in [-0.1, -0.05) is 0 Å². The molecule has 1 saturated carbocycles. The number of nitrogens with one attached hydrogen (secondary N) is 1. The highest BCUT2D eigenvalue weighted by Crippen LogP contribution is 2.28. The van der Waals surface area contributed by atoms with Crippen LogP contribution in [-0.4, -0.2) is 54.0 Å². The zero-order valence-corrected chi connectivity index (χ0v) is 16.7. The predicted octanol–water partition coefficient (Wildman–Crippen LogP) is 2.92. The maximum absolute atomic E-state index is 13.9. The van der Waals surface area contributed by atoms with E-state index in [1.165, 1.54) is 6.07 Å². The van der Waals surface area contributed by atoms with Crippen molar-refractivity contribution in [2.75, 3.05) is 26.2 Å². The molecule has 2 fully saturated rings. The predicted molar refractivity (Wildman–Crippen MR) is 105 cm³/mol. The van der Waals surface area contributed by atoms with E-state index in [0.29, 0.717) is 18.8 Å². The SMILES string of the molecule is O=C(CO)NC1CCC(CCN2CCC(C(=O)c3ccc(F)cc3F)CC2)CC1. The summed E-state index contributed by atoms with van der Waals surface area (Å²) < 4.78 is 26.9. The van der Waals surface area contributed by atoms with Crippen LogP contribution in [0.5, 0.6) is 0 Å². The van der Waals surface area contributed by atoms with Crippen LogP contribution < -0.4 is 5.32 Å². The van der Waals surface area contributed by atoms with Gasteiger partial charge in [0, 0.05) is 18.0 Å². The van der Waals surface area contributed by atoms with Crippen LogP contribution in [0.4, 0.5) is 8.78 Å². The second-order valence-corrected chi connectivity index (χ2v) is 8.34. The van der Waals surface area contributed by atoms with Gasteiger partial charge < -0.3 is 15.3 Å². The summed E-state index contributed by atoms with van der Waals surface area (Å²) in [7, 11) is 0. The number of hydrogen-bond acceptors (Lipinski definition) is 4. The molecule has 0 radical (unpaired) electrons. The first-order valence-corrected chi connectivity index (χ1v) is 10.6. The lowest BCUT2D eigenvalue weighted by molar-refractivity contribution is -0.124. The van der Waals surface area contributed by atoms with Gasteiger partial charge in [0.15, 0.2) is 5.78 Å². The van der Waals surface area contributed by atoms with E-state index in [1.54, 1.807) is 0 Å². The largest absolute Gasteiger partial charge is 0.387 e. The Morgan fingerprint density at radius 1 is 1.07 bits per heavy atom. The molecule has 0 aromatic heterocycles. The molecule has 0 spiro atoms. The minimum atomic E-state index is -0.775. The number of carbonyl (C=O) groups is 2. The first kappa shape index (κ1) is 21.8. The Kier molecular flexibility index (Phi) is 7.72. The molecule has 2 aliphatic rings. The zero-order chi connectivity index (χ0) is 20.8. The van der Waals surface area contributed by atoms with Crippen LogP contribution in [0.3, 0.4) is 0 Å². The molecule has 1 aliphatic heterocycles. The number of halogens is 2. The summed E-state index contributed by atoms with van der Waals surface area (Å²) in [5.41, 5.74) is -0.00472. The summed E-state index contributed by atoms with van der Waals surface area (Å²) in [6, 6.07) is 3.33. The van der Waals surface area contributed by atoms with Crippen LogP contribution in [0.1, 0.15) is 55.3 Å². The van der Waals surface area contributed by atoms with Crippen LogP contribution in [0.2, 0.25) is 0 Å². The van der Waals surface area contributed by atoms with E-state index in [1.807, 2.05) is 0 Å². The van der Waals surface area contributed by atoms with Crippen LogP contribution in [-0.2, 0) is 4.79 Å². The quantitative estimate of drug-likeness (QED) is 0.681. The number of aliphatic hydroxyl groups excluding tert-OH is 1. The van der Waals surface area contributed by atoms with Gasteiger partial charge in [-0.15, -0.1) is 0 Å². The fraction of sp³-hybridized carbons (Fsp3) is 0.636. The van der Waals surface area contributed by atoms with E-state index >= 15 is 0 Å². The molecule has 0 unspecified atom stereocenters. The fourth-order valence-electron chi connectivity index (χ4n) is 4.56. The van der Waals surface area contributed by atoms with Crippen molar-refractivity contribution in [1.29, 1.82) is 0 Å². The molecule has 0 bridgehead atoms. The molecule has 5 nitrogen and oxygen atoms in total. The Labute approximate surface area is 170 Å². The van der Waals surface area contributed by atoms with Crippen molar-refractivity contribution in [3.8, 4) is 0 Å². The first-order valence-electron chi connectivity index (χ1n) is 10.6. The Hall–Kier alpha value is -1.86. The summed E-state index contributed by atoms with van der Waals surface area (Å²) in [6.45, 7) is 2.18. The van der Waals surface area contributed by atoms with Crippen molar-refractivity contribution in [3.63, 3.8) is 0 Å². The van der Waals surface area contributed by atoms with Gasteiger partial charge in [-0.3, -0.25) is 9.59 Å². The number of piperidine rings is 1. The molecule has 3 rings (SSSR count). The molecular formula is C22H30F2N2O3. The van der Waals surface area contributed by atoms with Crippen molar-refractivity contribution in [1.82, 2.24) is 10.2 Å². The van der Waals surface area contributed by atoms with Crippen LogP contribution >= 0.6 is 0 Å². The standard InChI is InChI=1S/C22H30F2N2O3/c23-17-3-6-19(20(24)13-17)22(29)16-8-11-26(12-9-16)10-7-15-1-4-18(5-2-15)25-21(28)14-27/h3,6,13,15-16,18,27H,1-2,4-5,7-12,14H2,(H,25,28). The number of nitrogens with zero attached hydrogens (tertiary/aromatic N) is 1. The molecule has 1 saturated heterocycles. The van der Waals surface area contributed by atoms with Gasteiger partial charge in [0.1, 0.15) is 18.2 Å². The Morgan fingerprint density at radius 2 is 1.76 bits per heavy atom. The summed E-state index contributed by atoms with van der Waals surface area (Å²) in [4.78, 5) is 26.2. The van der Waals surface area contributed by atoms with Crippen molar-refractivity contribution in [2.24, 2.45) is 11.8 Å². The number of carbonyl (C=O) groups excluding carboxylic acids is 2. The van der Waals surface area contributed by atoms with E-state index in [-0.39, 0.29) is 29.2 Å². The van der Waals surface area contributed by atoms with Crippen LogP contribution in [0.15, 0.2) is 18.2 Å². The topological polar surface area (TPSA) is 69.6 Å². The average molecular weight is 408 g/mol. The normalized spacial score (nSPS) is 23.7. The molecule has 1 heterocycles. The maximum atomic E-state index is 13.9. The van der Waals surface area contributed by atoms with E-state index in [2.05, 4.69) is 10.2 Å². The van der Waals surface area contributed by atoms with Crippen molar-refractivity contribution >= 4 is 11.7 Å². The van der Waals surface area contributed by atoms with E-state index in [4.69, 9.17) is 5.11 Å². The summed E-state index contributed by atoms with van der Waals surface area (Å²) in [6.07, 6.45) is 6.58. The highest BCUT2D eigenvalue weighted by Gasteiger charge is 2.28. The van der Waals surface area contributed by atoms with E-state index < -0.39 is 18.2 Å². The number of likely N-dealkylation sites (tertiary alicyclic amines) is 1. The molecule has 2 N–H and O–H groups in total. The highest BCUT2D eigenvalue weighted by molar-refractivity contribution is 5.98. The highest BCUT2D eigenvalue weighted by atomic mass is 19.1. The van der Waals surface area contributed by atoms with E-state index in [9.17, 15) is 18.4 Å². The molecule has 1 aromatic rings. The van der Waals surface area contributed by atoms with Gasteiger partial charge in [0.25, 0.3) is 0 Å². The lowest BCUT2D eigenvalue weighted by atomic mass is 9.83. The monoisotopic (exact) mass is 408 g/mol. The van der Waals surface area contributed by atoms with Crippen molar-refractivity contribution in [3.05, 3.63) is 35.4 Å². The number of Topliss-reactive ketones (excluding diaryl/α,β-unsaturated/α-hetero) is 1. The maximum Gasteiger partial charge on any atom is 0.245 e. The smallest absolute Gasteiger partial charge is 0.245 e.